The van der Waals surface area contributed by atoms with Crippen LogP contribution < -0.4 is 11.1 Å². The van der Waals surface area contributed by atoms with E-state index in [4.69, 9.17) is 10.5 Å². The zero-order chi connectivity index (χ0) is 15.4. The molecule has 6 unspecified atom stereocenters. The average Bonchev–Trinajstić information content (AvgIpc) is 2.81. The van der Waals surface area contributed by atoms with Gasteiger partial charge in [0.05, 0.1) is 12.8 Å². The van der Waals surface area contributed by atoms with E-state index in [2.05, 4.69) is 15.3 Å². The van der Waals surface area contributed by atoms with Gasteiger partial charge in [-0.25, -0.2) is 14.8 Å². The van der Waals surface area contributed by atoms with Gasteiger partial charge in [0.1, 0.15) is 24.1 Å². The van der Waals surface area contributed by atoms with Crippen LogP contribution in [-0.2, 0) is 4.74 Å². The first-order chi connectivity index (χ1) is 9.81. The predicted molar refractivity (Wildman–Crippen MR) is 70.4 cm³/mol. The lowest BCUT2D eigenvalue weighted by Gasteiger charge is -2.36. The molecule has 2 saturated heterocycles. The third-order valence-electron chi connectivity index (χ3n) is 4.00. The van der Waals surface area contributed by atoms with Crippen molar-refractivity contribution in [3.05, 3.63) is 0 Å². The van der Waals surface area contributed by atoms with Crippen LogP contribution in [0.1, 0.15) is 6.92 Å². The van der Waals surface area contributed by atoms with Gasteiger partial charge in [-0.05, 0) is 6.92 Å². The van der Waals surface area contributed by atoms with Gasteiger partial charge in [-0.1, -0.05) is 0 Å². The number of hydrogen-bond acceptors (Lipinski definition) is 8. The Labute approximate surface area is 119 Å². The first kappa shape index (κ1) is 14.4. The fourth-order valence-corrected chi connectivity index (χ4v) is 2.83. The fraction of sp³-hybridized carbons (Fsp3) is 0.727. The summed E-state index contributed by atoms with van der Waals surface area (Å²) in [5, 5.41) is 32.1. The Morgan fingerprint density at radius 3 is 2.95 bits per heavy atom. The van der Waals surface area contributed by atoms with Crippen molar-refractivity contribution in [1.29, 1.82) is 0 Å². The SMILES string of the molecule is CC1(O)C(O)C(CO)OC1N1C(=O)NC2(N)C=NC=NC12. The number of fused-ring (bicyclic) bond motifs is 1. The Bertz CT molecular complexity index is 523. The van der Waals surface area contributed by atoms with E-state index in [1.165, 1.54) is 19.5 Å². The summed E-state index contributed by atoms with van der Waals surface area (Å²) in [6.45, 7) is 0.828. The quantitative estimate of drug-likeness (QED) is 0.365. The first-order valence-corrected chi connectivity index (χ1v) is 6.43. The number of nitrogens with two attached hydrogens (primary N) is 1. The van der Waals surface area contributed by atoms with Crippen molar-refractivity contribution >= 4 is 18.6 Å². The number of ether oxygens (including phenoxy) is 1. The van der Waals surface area contributed by atoms with Crippen molar-refractivity contribution in [2.75, 3.05) is 6.61 Å². The summed E-state index contributed by atoms with van der Waals surface area (Å²) in [4.78, 5) is 21.1. The van der Waals surface area contributed by atoms with Crippen molar-refractivity contribution < 1.29 is 24.9 Å². The molecule has 2 amide bonds. The molecule has 0 saturated carbocycles. The highest BCUT2D eigenvalue weighted by molar-refractivity contribution is 5.91. The number of carbonyl (C=O) groups is 1. The molecule has 0 radical (unpaired) electrons. The van der Waals surface area contributed by atoms with E-state index in [-0.39, 0.29) is 0 Å². The van der Waals surface area contributed by atoms with Gasteiger partial charge >= 0.3 is 6.03 Å². The minimum Gasteiger partial charge on any atom is -0.394 e. The molecule has 116 valence electrons. The van der Waals surface area contributed by atoms with Crippen LogP contribution in [0.5, 0.6) is 0 Å². The Morgan fingerprint density at radius 1 is 1.62 bits per heavy atom. The molecular formula is C11H17N5O5. The number of amides is 2. The lowest BCUT2D eigenvalue weighted by molar-refractivity contribution is -0.125. The molecule has 10 nitrogen and oxygen atoms in total. The maximum absolute atomic E-state index is 12.2. The maximum Gasteiger partial charge on any atom is 0.323 e. The number of rotatable bonds is 2. The van der Waals surface area contributed by atoms with Crippen LogP contribution in [0.15, 0.2) is 9.98 Å². The van der Waals surface area contributed by atoms with Crippen molar-refractivity contribution in [2.45, 2.75) is 42.8 Å². The molecule has 21 heavy (non-hydrogen) atoms. The van der Waals surface area contributed by atoms with Crippen LogP contribution >= 0.6 is 0 Å². The summed E-state index contributed by atoms with van der Waals surface area (Å²) < 4.78 is 5.43. The smallest absolute Gasteiger partial charge is 0.323 e. The summed E-state index contributed by atoms with van der Waals surface area (Å²) >= 11 is 0. The molecule has 6 N–H and O–H groups in total. The second-order valence-corrected chi connectivity index (χ2v) is 5.57. The van der Waals surface area contributed by atoms with Gasteiger partial charge in [0, 0.05) is 0 Å². The number of hydrogen-bond donors (Lipinski definition) is 5. The molecular weight excluding hydrogens is 282 g/mol. The second kappa shape index (κ2) is 4.45. The fourth-order valence-electron chi connectivity index (χ4n) is 2.83. The van der Waals surface area contributed by atoms with Crippen molar-refractivity contribution in [3.63, 3.8) is 0 Å². The van der Waals surface area contributed by atoms with E-state index in [1.54, 1.807) is 0 Å². The van der Waals surface area contributed by atoms with Crippen molar-refractivity contribution in [1.82, 2.24) is 10.2 Å². The molecule has 0 aliphatic carbocycles. The van der Waals surface area contributed by atoms with Crippen LogP contribution in [0.3, 0.4) is 0 Å². The van der Waals surface area contributed by atoms with Gasteiger partial charge in [-0.15, -0.1) is 0 Å². The van der Waals surface area contributed by atoms with Crippen molar-refractivity contribution in [2.24, 2.45) is 15.7 Å². The molecule has 0 aromatic heterocycles. The largest absolute Gasteiger partial charge is 0.394 e. The first-order valence-electron chi connectivity index (χ1n) is 6.43. The van der Waals surface area contributed by atoms with E-state index in [0.29, 0.717) is 0 Å². The number of nitrogens with one attached hydrogen (secondary N) is 1. The Morgan fingerprint density at radius 2 is 2.33 bits per heavy atom. The van der Waals surface area contributed by atoms with Crippen LogP contribution in [0, 0.1) is 0 Å². The standard InChI is InChI=1S/C11H17N5O5/c1-10(20)6(18)5(2-17)21-8(10)16-7-11(12,15-9(16)19)3-13-4-14-7/h3-8,17-18,20H,2,12H2,1H3,(H,15,19). The van der Waals surface area contributed by atoms with Crippen LogP contribution in [0.4, 0.5) is 4.79 Å². The van der Waals surface area contributed by atoms with Gasteiger partial charge in [0.25, 0.3) is 0 Å². The molecule has 10 heteroatoms. The normalized spacial score (nSPS) is 48.6. The maximum atomic E-state index is 12.2. The molecule has 3 rings (SSSR count). The van der Waals surface area contributed by atoms with E-state index in [0.717, 1.165) is 4.90 Å². The van der Waals surface area contributed by atoms with Gasteiger partial charge in [-0.2, -0.15) is 0 Å². The number of aliphatic hydroxyl groups is 3. The summed E-state index contributed by atoms with van der Waals surface area (Å²) in [6.07, 6.45) is -1.85. The highest BCUT2D eigenvalue weighted by atomic mass is 16.6. The number of carbonyl (C=O) groups excluding carboxylic acids is 1. The third-order valence-corrected chi connectivity index (χ3v) is 4.00. The minimum atomic E-state index is -1.78. The zero-order valence-electron chi connectivity index (χ0n) is 11.2. The number of aliphatic hydroxyl groups excluding tert-OH is 2. The Hall–Kier alpha value is -1.59. The lowest BCUT2D eigenvalue weighted by atomic mass is 9.95. The topological polar surface area (TPSA) is 153 Å². The number of nitrogens with zero attached hydrogens (tertiary/aromatic N) is 3. The van der Waals surface area contributed by atoms with Crippen LogP contribution in [-0.4, -0.2) is 81.3 Å². The molecule has 0 aromatic rings. The monoisotopic (exact) mass is 299 g/mol. The van der Waals surface area contributed by atoms with Crippen LogP contribution in [0.25, 0.3) is 0 Å². The summed E-state index contributed by atoms with van der Waals surface area (Å²) in [5.74, 6) is 0. The Balaban J connectivity index is 1.95. The van der Waals surface area contributed by atoms with Crippen LogP contribution in [0.2, 0.25) is 0 Å². The van der Waals surface area contributed by atoms with E-state index >= 15 is 0 Å². The molecule has 3 aliphatic heterocycles. The van der Waals surface area contributed by atoms with E-state index in [9.17, 15) is 20.1 Å². The third kappa shape index (κ3) is 1.88. The van der Waals surface area contributed by atoms with Gasteiger partial charge in [0.15, 0.2) is 18.1 Å². The highest BCUT2D eigenvalue weighted by Crippen LogP contribution is 2.37. The van der Waals surface area contributed by atoms with E-state index < -0.39 is 48.5 Å². The van der Waals surface area contributed by atoms with E-state index in [1.807, 2.05) is 0 Å². The zero-order valence-corrected chi connectivity index (χ0v) is 11.2. The molecule has 0 spiro atoms. The summed E-state index contributed by atoms with van der Waals surface area (Å²) in [6, 6.07) is -0.607. The van der Waals surface area contributed by atoms with Gasteiger partial charge < -0.3 is 31.1 Å². The second-order valence-electron chi connectivity index (χ2n) is 5.57. The Kier molecular flexibility index (Phi) is 3.04. The minimum absolute atomic E-state index is 0.494. The number of urea groups is 1. The average molecular weight is 299 g/mol. The summed E-state index contributed by atoms with van der Waals surface area (Å²) in [5.41, 5.74) is 2.93. The van der Waals surface area contributed by atoms with Crippen molar-refractivity contribution in [3.8, 4) is 0 Å². The predicted octanol–water partition coefficient (Wildman–Crippen LogP) is -3.07. The molecule has 6 atom stereocenters. The molecule has 0 bridgehead atoms. The molecule has 3 heterocycles. The summed E-state index contributed by atoms with van der Waals surface area (Å²) in [7, 11) is 0. The lowest BCUT2D eigenvalue weighted by Crippen LogP contribution is -2.62. The molecule has 3 aliphatic rings. The highest BCUT2D eigenvalue weighted by Gasteiger charge is 2.61. The number of aliphatic imine (C=N–C) groups is 2. The molecule has 0 aromatic carbocycles. The van der Waals surface area contributed by atoms with Gasteiger partial charge in [-0.3, -0.25) is 4.90 Å². The molecule has 2 fully saturated rings. The van der Waals surface area contributed by atoms with Gasteiger partial charge in [0.2, 0.25) is 0 Å².